The molecule has 1 aromatic rings. The second kappa shape index (κ2) is 4.09. The van der Waals surface area contributed by atoms with Crippen molar-refractivity contribution in [1.82, 2.24) is 0 Å². The summed E-state index contributed by atoms with van der Waals surface area (Å²) in [7, 11) is 0. The number of hydrogen-bond acceptors (Lipinski definition) is 1. The van der Waals surface area contributed by atoms with Crippen molar-refractivity contribution in [2.45, 2.75) is 6.92 Å². The van der Waals surface area contributed by atoms with E-state index in [0.717, 1.165) is 6.08 Å². The molecule has 0 aliphatic carbocycles. The van der Waals surface area contributed by atoms with Gasteiger partial charge < -0.3 is 0 Å². The molecular weight excluding hydrogens is 193 g/mol. The smallest absolute Gasteiger partial charge is 0.188 e. The molecule has 1 nitrogen and oxygen atoms in total. The molecule has 74 valence electrons. The van der Waals surface area contributed by atoms with Crippen molar-refractivity contribution in [2.75, 3.05) is 0 Å². The predicted molar refractivity (Wildman–Crippen MR) is 45.5 cm³/mol. The van der Waals surface area contributed by atoms with E-state index in [-0.39, 0.29) is 0 Å². The van der Waals surface area contributed by atoms with Gasteiger partial charge in [0.15, 0.2) is 17.4 Å². The lowest BCUT2D eigenvalue weighted by Crippen LogP contribution is -2.01. The van der Waals surface area contributed by atoms with Gasteiger partial charge in [-0.15, -0.1) is 0 Å². The Kier molecular flexibility index (Phi) is 3.06. The molecule has 0 fully saturated rings. The normalized spacial score (nSPS) is 10.9. The topological polar surface area (TPSA) is 17.1 Å². The van der Waals surface area contributed by atoms with Gasteiger partial charge in [0.25, 0.3) is 0 Å². The molecule has 1 rings (SSSR count). The number of ketones is 1. The van der Waals surface area contributed by atoms with Crippen molar-refractivity contribution in [3.05, 3.63) is 47.3 Å². The van der Waals surface area contributed by atoms with Gasteiger partial charge in [0, 0.05) is 6.07 Å². The van der Waals surface area contributed by atoms with Gasteiger partial charge in [0.1, 0.15) is 5.82 Å². The average molecular weight is 200 g/mol. The Morgan fingerprint density at radius 3 is 2.29 bits per heavy atom. The zero-order valence-corrected chi connectivity index (χ0v) is 7.35. The Hall–Kier alpha value is -1.58. The van der Waals surface area contributed by atoms with Crippen LogP contribution in [0.25, 0.3) is 0 Å². The molecule has 0 N–H and O–H groups in total. The maximum Gasteiger partial charge on any atom is 0.188 e. The van der Waals surface area contributed by atoms with Crippen molar-refractivity contribution in [3.8, 4) is 0 Å². The third-order valence-electron chi connectivity index (χ3n) is 1.59. The number of carbonyl (C=O) groups is 1. The molecule has 0 aromatic heterocycles. The van der Waals surface area contributed by atoms with E-state index in [9.17, 15) is 18.0 Å². The number of rotatable bonds is 2. The first-order chi connectivity index (χ1) is 6.56. The molecular formula is C10H7F3O. The van der Waals surface area contributed by atoms with Gasteiger partial charge in [-0.25, -0.2) is 13.2 Å². The molecule has 0 atom stereocenters. The summed E-state index contributed by atoms with van der Waals surface area (Å²) in [5.41, 5.74) is -0.470. The zero-order chi connectivity index (χ0) is 10.7. The monoisotopic (exact) mass is 200 g/mol. The van der Waals surface area contributed by atoms with Crippen LogP contribution in [0.4, 0.5) is 13.2 Å². The van der Waals surface area contributed by atoms with E-state index in [1.165, 1.54) is 6.08 Å². The minimum Gasteiger partial charge on any atom is -0.289 e. The highest BCUT2D eigenvalue weighted by Crippen LogP contribution is 2.14. The highest BCUT2D eigenvalue weighted by Gasteiger charge is 2.13. The first-order valence-corrected chi connectivity index (χ1v) is 3.88. The molecule has 0 spiro atoms. The van der Waals surface area contributed by atoms with Crippen LogP contribution in [-0.2, 0) is 0 Å². The molecule has 0 saturated carbocycles. The SMILES string of the molecule is C/C=C/C(=O)c1cc(F)c(F)cc1F. The van der Waals surface area contributed by atoms with E-state index in [1.807, 2.05) is 0 Å². The summed E-state index contributed by atoms with van der Waals surface area (Å²) in [4.78, 5) is 11.1. The van der Waals surface area contributed by atoms with Gasteiger partial charge in [-0.3, -0.25) is 4.79 Å². The van der Waals surface area contributed by atoms with Crippen LogP contribution in [-0.4, -0.2) is 5.78 Å². The second-order valence-corrected chi connectivity index (χ2v) is 2.61. The van der Waals surface area contributed by atoms with Gasteiger partial charge >= 0.3 is 0 Å². The van der Waals surface area contributed by atoms with Gasteiger partial charge in [-0.2, -0.15) is 0 Å². The zero-order valence-electron chi connectivity index (χ0n) is 7.35. The highest BCUT2D eigenvalue weighted by atomic mass is 19.2. The van der Waals surface area contributed by atoms with Crippen molar-refractivity contribution in [3.63, 3.8) is 0 Å². The standard InChI is InChI=1S/C10H7F3O/c1-2-3-10(14)6-4-8(12)9(13)5-7(6)11/h2-5H,1H3/b3-2+. The molecule has 0 heterocycles. The summed E-state index contributed by atoms with van der Waals surface area (Å²) in [6.45, 7) is 1.57. The lowest BCUT2D eigenvalue weighted by Gasteiger charge is -1.99. The van der Waals surface area contributed by atoms with Crippen LogP contribution >= 0.6 is 0 Å². The first kappa shape index (κ1) is 10.5. The molecule has 0 aliphatic rings. The van der Waals surface area contributed by atoms with Gasteiger partial charge in [-0.1, -0.05) is 6.08 Å². The summed E-state index contributed by atoms with van der Waals surface area (Å²) in [5.74, 6) is -4.30. The number of allylic oxidation sites excluding steroid dienone is 2. The van der Waals surface area contributed by atoms with E-state index in [0.29, 0.717) is 12.1 Å². The maximum absolute atomic E-state index is 12.9. The van der Waals surface area contributed by atoms with Crippen molar-refractivity contribution < 1.29 is 18.0 Å². The number of carbonyl (C=O) groups excluding carboxylic acids is 1. The van der Waals surface area contributed by atoms with Crippen LogP contribution in [0.1, 0.15) is 17.3 Å². The number of hydrogen-bond donors (Lipinski definition) is 0. The Morgan fingerprint density at radius 1 is 1.14 bits per heavy atom. The maximum atomic E-state index is 12.9. The van der Waals surface area contributed by atoms with E-state index in [1.54, 1.807) is 6.92 Å². The molecule has 0 bridgehead atoms. The fourth-order valence-electron chi connectivity index (χ4n) is 0.953. The predicted octanol–water partition coefficient (Wildman–Crippen LogP) is 2.86. The Bertz CT molecular complexity index is 397. The minimum absolute atomic E-state index is 0.353. The van der Waals surface area contributed by atoms with Crippen LogP contribution in [0.5, 0.6) is 0 Å². The fourth-order valence-corrected chi connectivity index (χ4v) is 0.953. The Balaban J connectivity index is 3.22. The molecule has 4 heteroatoms. The van der Waals surface area contributed by atoms with Crippen LogP contribution in [0, 0.1) is 17.5 Å². The second-order valence-electron chi connectivity index (χ2n) is 2.61. The van der Waals surface area contributed by atoms with E-state index < -0.39 is 28.8 Å². The molecule has 0 radical (unpaired) electrons. The van der Waals surface area contributed by atoms with Crippen molar-refractivity contribution in [1.29, 1.82) is 0 Å². The lowest BCUT2D eigenvalue weighted by atomic mass is 10.1. The molecule has 0 saturated heterocycles. The lowest BCUT2D eigenvalue weighted by molar-refractivity contribution is 0.104. The summed E-state index contributed by atoms with van der Waals surface area (Å²) < 4.78 is 38.0. The van der Waals surface area contributed by atoms with Crippen LogP contribution in [0.2, 0.25) is 0 Å². The Morgan fingerprint density at radius 2 is 1.71 bits per heavy atom. The molecule has 1 aromatic carbocycles. The minimum atomic E-state index is -1.31. The largest absolute Gasteiger partial charge is 0.289 e. The molecule has 0 amide bonds. The highest BCUT2D eigenvalue weighted by molar-refractivity contribution is 6.04. The fraction of sp³-hybridized carbons (Fsp3) is 0.100. The summed E-state index contributed by atoms with van der Waals surface area (Å²) in [6, 6.07) is 0.902. The molecule has 14 heavy (non-hydrogen) atoms. The molecule has 0 aliphatic heterocycles. The number of benzene rings is 1. The summed E-state index contributed by atoms with van der Waals surface area (Å²) >= 11 is 0. The summed E-state index contributed by atoms with van der Waals surface area (Å²) in [5, 5.41) is 0. The van der Waals surface area contributed by atoms with Crippen LogP contribution < -0.4 is 0 Å². The van der Waals surface area contributed by atoms with Gasteiger partial charge in [-0.05, 0) is 19.1 Å². The van der Waals surface area contributed by atoms with E-state index in [4.69, 9.17) is 0 Å². The summed E-state index contributed by atoms with van der Waals surface area (Å²) in [6.07, 6.45) is 2.47. The van der Waals surface area contributed by atoms with Crippen LogP contribution in [0.15, 0.2) is 24.3 Å². The van der Waals surface area contributed by atoms with Gasteiger partial charge in [0.05, 0.1) is 5.56 Å². The van der Waals surface area contributed by atoms with Crippen LogP contribution in [0.3, 0.4) is 0 Å². The third kappa shape index (κ3) is 2.02. The van der Waals surface area contributed by atoms with Crippen molar-refractivity contribution in [2.24, 2.45) is 0 Å². The number of halogens is 3. The average Bonchev–Trinajstić information content (AvgIpc) is 2.11. The third-order valence-corrected chi connectivity index (χ3v) is 1.59. The van der Waals surface area contributed by atoms with Gasteiger partial charge in [0.2, 0.25) is 0 Å². The van der Waals surface area contributed by atoms with E-state index in [2.05, 4.69) is 0 Å². The Labute approximate surface area is 78.9 Å². The molecule has 0 unspecified atom stereocenters. The first-order valence-electron chi connectivity index (χ1n) is 3.88. The van der Waals surface area contributed by atoms with Crippen molar-refractivity contribution >= 4 is 5.78 Å². The van der Waals surface area contributed by atoms with E-state index >= 15 is 0 Å². The quantitative estimate of drug-likeness (QED) is 0.407.